The highest BCUT2D eigenvalue weighted by Crippen LogP contribution is 2.26. The third-order valence-corrected chi connectivity index (χ3v) is 3.20. The number of hydrogen-bond acceptors (Lipinski definition) is 4. The molecule has 2 atom stereocenters. The van der Waals surface area contributed by atoms with Crippen LogP contribution in [0, 0.1) is 0 Å². The molecule has 0 aliphatic rings. The van der Waals surface area contributed by atoms with Crippen molar-refractivity contribution in [3.05, 3.63) is 21.9 Å². The van der Waals surface area contributed by atoms with Crippen molar-refractivity contribution in [1.29, 1.82) is 0 Å². The van der Waals surface area contributed by atoms with Crippen molar-refractivity contribution in [3.63, 3.8) is 0 Å². The van der Waals surface area contributed by atoms with Gasteiger partial charge < -0.3 is 14.6 Å². The van der Waals surface area contributed by atoms with Crippen molar-refractivity contribution in [2.45, 2.75) is 32.8 Å². The van der Waals surface area contributed by atoms with E-state index in [0.29, 0.717) is 0 Å². The summed E-state index contributed by atoms with van der Waals surface area (Å²) in [6.45, 7) is 3.93. The summed E-state index contributed by atoms with van der Waals surface area (Å²) < 4.78 is 10.6. The number of methoxy groups -OCH3 is 1. The molecule has 4 heteroatoms. The van der Waals surface area contributed by atoms with Crippen molar-refractivity contribution in [3.8, 4) is 0 Å². The Balaban J connectivity index is 2.55. The van der Waals surface area contributed by atoms with Gasteiger partial charge in [-0.2, -0.15) is 0 Å². The van der Waals surface area contributed by atoms with Gasteiger partial charge in [-0.3, -0.25) is 0 Å². The van der Waals surface area contributed by atoms with E-state index in [1.807, 2.05) is 26.0 Å². The van der Waals surface area contributed by atoms with Gasteiger partial charge in [-0.1, -0.05) is 0 Å². The molecular formula is C10H16O3S. The minimum absolute atomic E-state index is 0.00949. The number of rotatable bonds is 5. The van der Waals surface area contributed by atoms with E-state index in [2.05, 4.69) is 0 Å². The summed E-state index contributed by atoms with van der Waals surface area (Å²) in [7, 11) is 1.62. The molecule has 1 N–H and O–H groups in total. The first-order valence-corrected chi connectivity index (χ1v) is 5.36. The lowest BCUT2D eigenvalue weighted by atomic mass is 10.3. The summed E-state index contributed by atoms with van der Waals surface area (Å²) in [6, 6.07) is 3.89. The van der Waals surface area contributed by atoms with Crippen LogP contribution in [0.15, 0.2) is 12.1 Å². The van der Waals surface area contributed by atoms with Crippen LogP contribution in [0.4, 0.5) is 0 Å². The van der Waals surface area contributed by atoms with Crippen molar-refractivity contribution < 1.29 is 14.6 Å². The Morgan fingerprint density at radius 3 is 2.64 bits per heavy atom. The van der Waals surface area contributed by atoms with Gasteiger partial charge in [0, 0.05) is 16.9 Å². The van der Waals surface area contributed by atoms with Crippen LogP contribution in [0.2, 0.25) is 0 Å². The molecule has 1 aromatic rings. The zero-order valence-corrected chi connectivity index (χ0v) is 9.50. The number of aliphatic hydroxyl groups is 1. The average molecular weight is 216 g/mol. The average Bonchev–Trinajstić information content (AvgIpc) is 2.65. The first-order valence-electron chi connectivity index (χ1n) is 4.55. The third-order valence-electron chi connectivity index (χ3n) is 1.97. The number of ether oxygens (including phenoxy) is 2. The minimum atomic E-state index is -0.204. The lowest BCUT2D eigenvalue weighted by Gasteiger charge is -2.16. The van der Waals surface area contributed by atoms with Gasteiger partial charge in [0.05, 0.1) is 12.7 Å². The van der Waals surface area contributed by atoms with Gasteiger partial charge in [0.25, 0.3) is 0 Å². The molecule has 0 fully saturated rings. The normalized spacial score (nSPS) is 15.4. The van der Waals surface area contributed by atoms with Gasteiger partial charge in [-0.15, -0.1) is 11.3 Å². The topological polar surface area (TPSA) is 38.7 Å². The Hall–Kier alpha value is -0.420. The maximum absolute atomic E-state index is 8.91. The van der Waals surface area contributed by atoms with Crippen LogP contribution < -0.4 is 0 Å². The summed E-state index contributed by atoms with van der Waals surface area (Å²) in [5.41, 5.74) is 0. The van der Waals surface area contributed by atoms with Gasteiger partial charge >= 0.3 is 0 Å². The Morgan fingerprint density at radius 2 is 2.14 bits per heavy atom. The van der Waals surface area contributed by atoms with Gasteiger partial charge in [-0.25, -0.2) is 0 Å². The quantitative estimate of drug-likeness (QED) is 0.768. The molecule has 1 aromatic heterocycles. The fourth-order valence-corrected chi connectivity index (χ4v) is 1.97. The monoisotopic (exact) mass is 216 g/mol. The second kappa shape index (κ2) is 5.46. The molecule has 0 aliphatic heterocycles. The molecular weight excluding hydrogens is 200 g/mol. The maximum Gasteiger partial charge on any atom is 0.155 e. The van der Waals surface area contributed by atoms with E-state index in [0.717, 1.165) is 9.75 Å². The van der Waals surface area contributed by atoms with Crippen LogP contribution in [0.3, 0.4) is 0 Å². The van der Waals surface area contributed by atoms with Crippen molar-refractivity contribution in [2.75, 3.05) is 7.11 Å². The van der Waals surface area contributed by atoms with Gasteiger partial charge in [-0.05, 0) is 26.0 Å². The minimum Gasteiger partial charge on any atom is -0.391 e. The standard InChI is InChI=1S/C10H16O3S/c1-7(13-8(2)12-3)10-5-4-9(6-11)14-10/h4-5,7-8,11H,6H2,1-3H3. The highest BCUT2D eigenvalue weighted by molar-refractivity contribution is 7.12. The van der Waals surface area contributed by atoms with E-state index in [1.165, 1.54) is 0 Å². The molecule has 1 heterocycles. The largest absolute Gasteiger partial charge is 0.391 e. The summed E-state index contributed by atoms with van der Waals surface area (Å²) in [6.07, 6.45) is -0.195. The van der Waals surface area contributed by atoms with Crippen molar-refractivity contribution in [2.24, 2.45) is 0 Å². The zero-order chi connectivity index (χ0) is 10.6. The first kappa shape index (κ1) is 11.7. The lowest BCUT2D eigenvalue weighted by molar-refractivity contribution is -0.140. The van der Waals surface area contributed by atoms with E-state index in [-0.39, 0.29) is 19.0 Å². The number of hydrogen-bond donors (Lipinski definition) is 1. The zero-order valence-electron chi connectivity index (χ0n) is 8.69. The van der Waals surface area contributed by atoms with Crippen LogP contribution in [-0.4, -0.2) is 18.5 Å². The molecule has 3 nitrogen and oxygen atoms in total. The summed E-state index contributed by atoms with van der Waals surface area (Å²) in [5, 5.41) is 8.91. The number of thiophene rings is 1. The third kappa shape index (κ3) is 3.06. The summed E-state index contributed by atoms with van der Waals surface area (Å²) in [5.74, 6) is 0. The predicted octanol–water partition coefficient (Wildman–Crippen LogP) is 2.31. The van der Waals surface area contributed by atoms with Crippen LogP contribution in [0.1, 0.15) is 29.7 Å². The second-order valence-electron chi connectivity index (χ2n) is 3.04. The molecule has 80 valence electrons. The molecule has 1 rings (SSSR count). The van der Waals surface area contributed by atoms with E-state index in [9.17, 15) is 0 Å². The van der Waals surface area contributed by atoms with Gasteiger partial charge in [0.15, 0.2) is 6.29 Å². The highest BCUT2D eigenvalue weighted by atomic mass is 32.1. The highest BCUT2D eigenvalue weighted by Gasteiger charge is 2.11. The smallest absolute Gasteiger partial charge is 0.155 e. The summed E-state index contributed by atoms with van der Waals surface area (Å²) in [4.78, 5) is 2.07. The number of aliphatic hydroxyl groups excluding tert-OH is 1. The first-order chi connectivity index (χ1) is 6.67. The molecule has 0 spiro atoms. The SMILES string of the molecule is COC(C)OC(C)c1ccc(CO)s1. The van der Waals surface area contributed by atoms with E-state index in [1.54, 1.807) is 18.4 Å². The fraction of sp³-hybridized carbons (Fsp3) is 0.600. The predicted molar refractivity (Wildman–Crippen MR) is 56.2 cm³/mol. The Kier molecular flexibility index (Phi) is 4.54. The Bertz CT molecular complexity index is 272. The summed E-state index contributed by atoms with van der Waals surface area (Å²) >= 11 is 1.56. The Labute approximate surface area is 88.3 Å². The van der Waals surface area contributed by atoms with Crippen LogP contribution in [-0.2, 0) is 16.1 Å². The molecule has 14 heavy (non-hydrogen) atoms. The van der Waals surface area contributed by atoms with E-state index >= 15 is 0 Å². The lowest BCUT2D eigenvalue weighted by Crippen LogP contribution is -2.12. The molecule has 0 bridgehead atoms. The van der Waals surface area contributed by atoms with E-state index < -0.39 is 0 Å². The molecule has 0 aromatic carbocycles. The van der Waals surface area contributed by atoms with Gasteiger partial charge in [0.1, 0.15) is 0 Å². The molecule has 0 saturated heterocycles. The van der Waals surface area contributed by atoms with Crippen LogP contribution in [0.5, 0.6) is 0 Å². The fourth-order valence-electron chi connectivity index (χ4n) is 1.11. The maximum atomic E-state index is 8.91. The molecule has 0 aliphatic carbocycles. The van der Waals surface area contributed by atoms with E-state index in [4.69, 9.17) is 14.6 Å². The van der Waals surface area contributed by atoms with Crippen LogP contribution >= 0.6 is 11.3 Å². The van der Waals surface area contributed by atoms with Gasteiger partial charge in [0.2, 0.25) is 0 Å². The second-order valence-corrected chi connectivity index (χ2v) is 4.24. The van der Waals surface area contributed by atoms with Crippen LogP contribution in [0.25, 0.3) is 0 Å². The molecule has 0 amide bonds. The molecule has 2 unspecified atom stereocenters. The van der Waals surface area contributed by atoms with Crippen molar-refractivity contribution >= 4 is 11.3 Å². The molecule has 0 radical (unpaired) electrons. The Morgan fingerprint density at radius 1 is 1.43 bits per heavy atom. The molecule has 0 saturated carbocycles. The van der Waals surface area contributed by atoms with Crippen molar-refractivity contribution in [1.82, 2.24) is 0 Å².